The summed E-state index contributed by atoms with van der Waals surface area (Å²) in [5.41, 5.74) is 2.67. The number of nitrogens with zero attached hydrogens (tertiary/aromatic N) is 1. The van der Waals surface area contributed by atoms with Gasteiger partial charge in [0.2, 0.25) is 17.7 Å². The predicted molar refractivity (Wildman–Crippen MR) is 171 cm³/mol. The minimum absolute atomic E-state index is 0.0915. The number of amides is 4. The standard InChI is InChI=1S/C32H38N5O8P/c1-16(2)20-11-18-6-9-24(36-29(39)25-14-21-12-19(7-8-23(21)35-25)32(42)46(43,44)45)31(41)37-26(15-22(13-20)28(18)37)30(40)34-17(3)5-10-27(38)33-4/h7-8,11-14,16-17,24,26,35H,5-6,9-10,15H2,1-4H3,(H,33,38)(H,34,40)(H,36,39)(H2,43,44,45)/t17-,24+,26+/m1/s1. The summed E-state index contributed by atoms with van der Waals surface area (Å²) in [4.78, 5) is 88.0. The van der Waals surface area contributed by atoms with Crippen molar-refractivity contribution in [2.75, 3.05) is 11.9 Å². The Hall–Kier alpha value is -4.32. The van der Waals surface area contributed by atoms with E-state index >= 15 is 0 Å². The van der Waals surface area contributed by atoms with E-state index in [0.717, 1.165) is 16.7 Å². The van der Waals surface area contributed by atoms with E-state index in [2.05, 4.69) is 40.8 Å². The number of H-pyrrole nitrogens is 1. The summed E-state index contributed by atoms with van der Waals surface area (Å²) in [5, 5.41) is 8.73. The molecule has 0 bridgehead atoms. The molecule has 13 nitrogen and oxygen atoms in total. The molecule has 3 aromatic rings. The van der Waals surface area contributed by atoms with Gasteiger partial charge >= 0.3 is 7.60 Å². The Morgan fingerprint density at radius 2 is 1.78 bits per heavy atom. The average Bonchev–Trinajstić information content (AvgIpc) is 3.58. The van der Waals surface area contributed by atoms with E-state index < -0.39 is 37.0 Å². The minimum Gasteiger partial charge on any atom is -0.359 e. The van der Waals surface area contributed by atoms with Crippen LogP contribution in [0.4, 0.5) is 5.69 Å². The quantitative estimate of drug-likeness (QED) is 0.180. The first-order valence-corrected chi connectivity index (χ1v) is 16.8. The van der Waals surface area contributed by atoms with Crippen molar-refractivity contribution < 1.29 is 38.3 Å². The summed E-state index contributed by atoms with van der Waals surface area (Å²) in [5.74, 6) is -1.25. The Bertz CT molecular complexity index is 1790. The number of carbonyl (C=O) groups excluding carboxylic acids is 5. The van der Waals surface area contributed by atoms with Crippen LogP contribution in [-0.2, 0) is 31.8 Å². The molecule has 14 heteroatoms. The highest BCUT2D eigenvalue weighted by Gasteiger charge is 2.44. The Morgan fingerprint density at radius 3 is 2.46 bits per heavy atom. The fraction of sp³-hybridized carbons (Fsp3) is 0.406. The number of aromatic amines is 1. The monoisotopic (exact) mass is 651 g/mol. The van der Waals surface area contributed by atoms with Gasteiger partial charge in [0, 0.05) is 42.4 Å². The first kappa shape index (κ1) is 33.1. The Kier molecular flexibility index (Phi) is 9.21. The van der Waals surface area contributed by atoms with Crippen molar-refractivity contribution in [1.82, 2.24) is 20.9 Å². The molecule has 0 radical (unpaired) electrons. The second-order valence-corrected chi connectivity index (χ2v) is 13.8. The third-order valence-electron chi connectivity index (χ3n) is 8.62. The van der Waals surface area contributed by atoms with Crippen LogP contribution in [0.3, 0.4) is 0 Å². The maximum absolute atomic E-state index is 14.2. The number of rotatable bonds is 10. The molecule has 2 aromatic carbocycles. The normalized spacial score (nSPS) is 18.2. The van der Waals surface area contributed by atoms with Gasteiger partial charge in [-0.1, -0.05) is 26.0 Å². The van der Waals surface area contributed by atoms with Gasteiger partial charge in [-0.15, -0.1) is 0 Å². The fourth-order valence-corrected chi connectivity index (χ4v) is 6.58. The number of aromatic nitrogens is 1. The van der Waals surface area contributed by atoms with Crippen molar-refractivity contribution in [3.8, 4) is 0 Å². The SMILES string of the molecule is CNC(=O)CC[C@@H](C)NC(=O)[C@@H]1Cc2cc(C(C)C)cc3c2N1C(=O)[C@@H](NC(=O)c1cc2cc(C(=O)P(=O)(O)O)ccc2[nH]1)CC3. The molecule has 6 N–H and O–H groups in total. The molecule has 0 saturated carbocycles. The maximum atomic E-state index is 14.2. The molecule has 0 aliphatic carbocycles. The van der Waals surface area contributed by atoms with Gasteiger partial charge < -0.3 is 30.7 Å². The lowest BCUT2D eigenvalue weighted by molar-refractivity contribution is -0.127. The number of aryl methyl sites for hydroxylation is 1. The van der Waals surface area contributed by atoms with Gasteiger partial charge in [-0.25, -0.2) is 0 Å². The summed E-state index contributed by atoms with van der Waals surface area (Å²) in [6.45, 7) is 5.97. The molecular formula is C32H38N5O8P. The predicted octanol–water partition coefficient (Wildman–Crippen LogP) is 2.64. The number of carbonyl (C=O) groups is 5. The zero-order valence-electron chi connectivity index (χ0n) is 26.0. The van der Waals surface area contributed by atoms with Crippen molar-refractivity contribution in [1.29, 1.82) is 0 Å². The van der Waals surface area contributed by atoms with Crippen LogP contribution in [0, 0.1) is 0 Å². The lowest BCUT2D eigenvalue weighted by Crippen LogP contribution is -2.55. The second-order valence-electron chi connectivity index (χ2n) is 12.3. The maximum Gasteiger partial charge on any atom is 0.396 e. The molecule has 3 atom stereocenters. The van der Waals surface area contributed by atoms with E-state index in [4.69, 9.17) is 0 Å². The Labute approximate surface area is 265 Å². The van der Waals surface area contributed by atoms with Gasteiger partial charge in [-0.2, -0.15) is 0 Å². The van der Waals surface area contributed by atoms with Crippen molar-refractivity contribution in [3.63, 3.8) is 0 Å². The molecule has 0 saturated heterocycles. The first-order valence-electron chi connectivity index (χ1n) is 15.2. The fourth-order valence-electron chi connectivity index (χ4n) is 6.11. The van der Waals surface area contributed by atoms with Crippen LogP contribution in [0.1, 0.15) is 83.5 Å². The zero-order valence-corrected chi connectivity index (χ0v) is 26.9. The summed E-state index contributed by atoms with van der Waals surface area (Å²) < 4.78 is 11.4. The largest absolute Gasteiger partial charge is 0.396 e. The second kappa shape index (κ2) is 12.8. The molecule has 1 aromatic heterocycles. The average molecular weight is 652 g/mol. The van der Waals surface area contributed by atoms with Crippen LogP contribution >= 0.6 is 7.60 Å². The van der Waals surface area contributed by atoms with Crippen molar-refractivity contribution in [2.24, 2.45) is 0 Å². The molecule has 5 rings (SSSR count). The number of hydrogen-bond acceptors (Lipinski definition) is 6. The topological polar surface area (TPSA) is 198 Å². The summed E-state index contributed by atoms with van der Waals surface area (Å²) in [7, 11) is -3.44. The highest BCUT2D eigenvalue weighted by Crippen LogP contribution is 2.42. The van der Waals surface area contributed by atoms with Gasteiger partial charge in [0.15, 0.2) is 0 Å². The number of benzene rings is 2. The lowest BCUT2D eigenvalue weighted by Gasteiger charge is -2.28. The van der Waals surface area contributed by atoms with E-state index in [1.807, 2.05) is 13.0 Å². The third kappa shape index (κ3) is 6.62. The van der Waals surface area contributed by atoms with E-state index in [9.17, 15) is 38.3 Å². The minimum atomic E-state index is -4.99. The van der Waals surface area contributed by atoms with E-state index in [1.165, 1.54) is 29.2 Å². The van der Waals surface area contributed by atoms with E-state index in [-0.39, 0.29) is 41.5 Å². The highest BCUT2D eigenvalue weighted by atomic mass is 31.2. The smallest absolute Gasteiger partial charge is 0.359 e. The first-order chi connectivity index (χ1) is 21.7. The van der Waals surface area contributed by atoms with Crippen molar-refractivity contribution in [3.05, 3.63) is 64.3 Å². The molecule has 0 fully saturated rings. The molecule has 0 unspecified atom stereocenters. The summed E-state index contributed by atoms with van der Waals surface area (Å²) in [6, 6.07) is 7.44. The van der Waals surface area contributed by atoms with Gasteiger partial charge in [0.05, 0.1) is 5.69 Å². The zero-order chi connectivity index (χ0) is 33.5. The third-order valence-corrected chi connectivity index (χ3v) is 9.40. The van der Waals surface area contributed by atoms with Crippen LogP contribution in [0.2, 0.25) is 0 Å². The number of nitrogens with one attached hydrogen (secondary N) is 4. The van der Waals surface area contributed by atoms with Crippen LogP contribution in [-0.4, -0.2) is 69.1 Å². The molecule has 4 amide bonds. The number of anilines is 1. The molecule has 2 aliphatic rings. The lowest BCUT2D eigenvalue weighted by atomic mass is 9.93. The highest BCUT2D eigenvalue weighted by molar-refractivity contribution is 7.70. The van der Waals surface area contributed by atoms with Crippen LogP contribution < -0.4 is 20.9 Å². The molecule has 3 heterocycles. The molecule has 46 heavy (non-hydrogen) atoms. The van der Waals surface area contributed by atoms with E-state index in [1.54, 1.807) is 7.05 Å². The van der Waals surface area contributed by atoms with Gasteiger partial charge in [0.25, 0.3) is 11.4 Å². The van der Waals surface area contributed by atoms with Crippen LogP contribution in [0.15, 0.2) is 36.4 Å². The van der Waals surface area contributed by atoms with Gasteiger partial charge in [-0.3, -0.25) is 33.4 Å². The molecule has 244 valence electrons. The molecule has 0 spiro atoms. The Balaban J connectivity index is 1.40. The van der Waals surface area contributed by atoms with Crippen LogP contribution in [0.25, 0.3) is 10.9 Å². The Morgan fingerprint density at radius 1 is 1.07 bits per heavy atom. The van der Waals surface area contributed by atoms with Gasteiger partial charge in [0.1, 0.15) is 17.8 Å². The van der Waals surface area contributed by atoms with Crippen LogP contribution in [0.5, 0.6) is 0 Å². The molecular weight excluding hydrogens is 613 g/mol. The van der Waals surface area contributed by atoms with Gasteiger partial charge in [-0.05, 0) is 73.1 Å². The van der Waals surface area contributed by atoms with E-state index in [0.29, 0.717) is 42.3 Å². The number of fused-ring (bicyclic) bond motifs is 1. The molecule has 2 aliphatic heterocycles. The summed E-state index contributed by atoms with van der Waals surface area (Å²) in [6.07, 6.45) is 1.79. The number of hydrogen-bond donors (Lipinski definition) is 6. The summed E-state index contributed by atoms with van der Waals surface area (Å²) >= 11 is 0. The van der Waals surface area contributed by atoms with Crippen molar-refractivity contribution >= 4 is 53.3 Å². The van der Waals surface area contributed by atoms with Crippen molar-refractivity contribution in [2.45, 2.75) is 76.9 Å².